The lowest BCUT2D eigenvalue weighted by Gasteiger charge is -2.23. The van der Waals surface area contributed by atoms with Gasteiger partial charge in [-0.05, 0) is 48.4 Å². The van der Waals surface area contributed by atoms with Gasteiger partial charge in [0.15, 0.2) is 11.5 Å². The zero-order valence-corrected chi connectivity index (χ0v) is 15.6. The van der Waals surface area contributed by atoms with Crippen LogP contribution in [0.1, 0.15) is 18.1 Å². The second-order valence-electron chi connectivity index (χ2n) is 5.86. The fourth-order valence-corrected chi connectivity index (χ4v) is 2.68. The first-order valence-corrected chi connectivity index (χ1v) is 9.13. The van der Waals surface area contributed by atoms with Crippen LogP contribution in [0.5, 0.6) is 11.5 Å². The smallest absolute Gasteiger partial charge is 0.161 e. The van der Waals surface area contributed by atoms with Gasteiger partial charge in [0.1, 0.15) is 6.61 Å². The van der Waals surface area contributed by atoms with E-state index in [9.17, 15) is 0 Å². The van der Waals surface area contributed by atoms with Crippen LogP contribution in [0.2, 0.25) is 5.02 Å². The highest BCUT2D eigenvalue weighted by Gasteiger charge is 2.09. The number of nitrogens with zero attached hydrogens (tertiary/aromatic N) is 2. The second kappa shape index (κ2) is 9.46. The van der Waals surface area contributed by atoms with E-state index in [1.807, 2.05) is 60.6 Å². The summed E-state index contributed by atoms with van der Waals surface area (Å²) in [5, 5.41) is 7.23. The van der Waals surface area contributed by atoms with Crippen LogP contribution in [0.4, 0.5) is 0 Å². The molecular formula is C20H23ClN2O3. The van der Waals surface area contributed by atoms with E-state index in [0.29, 0.717) is 29.7 Å². The van der Waals surface area contributed by atoms with E-state index in [2.05, 4.69) is 5.10 Å². The summed E-state index contributed by atoms with van der Waals surface area (Å²) in [6.45, 7) is 6.06. The Kier molecular flexibility index (Phi) is 6.75. The predicted octanol–water partition coefficient (Wildman–Crippen LogP) is 3.98. The summed E-state index contributed by atoms with van der Waals surface area (Å²) in [5.74, 6) is 1.43. The van der Waals surface area contributed by atoms with Crippen molar-refractivity contribution in [3.63, 3.8) is 0 Å². The Morgan fingerprint density at radius 2 is 1.85 bits per heavy atom. The molecule has 0 spiro atoms. The van der Waals surface area contributed by atoms with Gasteiger partial charge in [0.05, 0.1) is 39.1 Å². The van der Waals surface area contributed by atoms with E-state index < -0.39 is 0 Å². The van der Waals surface area contributed by atoms with Gasteiger partial charge in [0, 0.05) is 5.02 Å². The van der Waals surface area contributed by atoms with Crippen molar-refractivity contribution in [1.29, 1.82) is 0 Å². The van der Waals surface area contributed by atoms with E-state index in [1.54, 1.807) is 0 Å². The van der Waals surface area contributed by atoms with E-state index >= 15 is 0 Å². The number of rotatable bonds is 7. The topological polar surface area (TPSA) is 43.3 Å². The Morgan fingerprint density at radius 3 is 2.58 bits per heavy atom. The molecule has 0 bridgehead atoms. The van der Waals surface area contributed by atoms with Gasteiger partial charge in [-0.25, -0.2) is 0 Å². The lowest BCUT2D eigenvalue weighted by molar-refractivity contribution is 0.0397. The monoisotopic (exact) mass is 374 g/mol. The van der Waals surface area contributed by atoms with Crippen molar-refractivity contribution in [1.82, 2.24) is 5.01 Å². The Bertz CT molecular complexity index is 728. The first-order chi connectivity index (χ1) is 12.7. The second-order valence-corrected chi connectivity index (χ2v) is 6.30. The van der Waals surface area contributed by atoms with Gasteiger partial charge in [-0.1, -0.05) is 23.7 Å². The molecule has 138 valence electrons. The molecule has 1 heterocycles. The third-order valence-corrected chi connectivity index (χ3v) is 4.18. The SMILES string of the molecule is CCOc1cc(C=NN2CCOCC2)ccc1OCc1ccc(Cl)cc1. The molecule has 0 unspecified atom stereocenters. The minimum atomic E-state index is 0.457. The normalized spacial score (nSPS) is 14.6. The van der Waals surface area contributed by atoms with Gasteiger partial charge in [-0.3, -0.25) is 5.01 Å². The molecule has 1 aliphatic rings. The number of benzene rings is 2. The molecule has 0 atom stereocenters. The van der Waals surface area contributed by atoms with Crippen LogP contribution in [0.25, 0.3) is 0 Å². The van der Waals surface area contributed by atoms with Gasteiger partial charge in [-0.15, -0.1) is 0 Å². The molecule has 3 rings (SSSR count). The summed E-state index contributed by atoms with van der Waals surface area (Å²) in [6.07, 6.45) is 1.84. The van der Waals surface area contributed by atoms with E-state index in [-0.39, 0.29) is 0 Å². The first-order valence-electron chi connectivity index (χ1n) is 8.75. The van der Waals surface area contributed by atoms with Crippen molar-refractivity contribution in [2.45, 2.75) is 13.5 Å². The van der Waals surface area contributed by atoms with Crippen LogP contribution in [0, 0.1) is 0 Å². The molecule has 1 saturated heterocycles. The van der Waals surface area contributed by atoms with Crippen molar-refractivity contribution in [2.24, 2.45) is 5.10 Å². The zero-order chi connectivity index (χ0) is 18.2. The van der Waals surface area contributed by atoms with Gasteiger partial charge in [-0.2, -0.15) is 5.10 Å². The molecule has 0 saturated carbocycles. The maximum atomic E-state index is 5.93. The van der Waals surface area contributed by atoms with Crippen LogP contribution in [0.15, 0.2) is 47.6 Å². The van der Waals surface area contributed by atoms with Crippen LogP contribution >= 0.6 is 11.6 Å². The number of ether oxygens (including phenoxy) is 3. The summed E-state index contributed by atoms with van der Waals surface area (Å²) in [6, 6.07) is 13.5. The predicted molar refractivity (Wildman–Crippen MR) is 103 cm³/mol. The van der Waals surface area contributed by atoms with Crippen LogP contribution in [-0.4, -0.2) is 44.1 Å². The summed E-state index contributed by atoms with van der Waals surface area (Å²) >= 11 is 5.91. The van der Waals surface area contributed by atoms with Crippen molar-refractivity contribution in [3.05, 3.63) is 58.6 Å². The Hall–Kier alpha value is -2.24. The van der Waals surface area contributed by atoms with Crippen molar-refractivity contribution in [3.8, 4) is 11.5 Å². The summed E-state index contributed by atoms with van der Waals surface area (Å²) in [7, 11) is 0. The molecule has 0 aliphatic carbocycles. The first kappa shape index (κ1) is 18.5. The number of hydrogen-bond acceptors (Lipinski definition) is 5. The Balaban J connectivity index is 1.67. The van der Waals surface area contributed by atoms with Gasteiger partial charge in [0.25, 0.3) is 0 Å². The van der Waals surface area contributed by atoms with Crippen LogP contribution in [-0.2, 0) is 11.3 Å². The van der Waals surface area contributed by atoms with Crippen molar-refractivity contribution < 1.29 is 14.2 Å². The quantitative estimate of drug-likeness (QED) is 0.687. The molecule has 5 nitrogen and oxygen atoms in total. The van der Waals surface area contributed by atoms with Gasteiger partial charge < -0.3 is 14.2 Å². The van der Waals surface area contributed by atoms with E-state index in [1.165, 1.54) is 0 Å². The minimum absolute atomic E-state index is 0.457. The molecule has 1 aliphatic heterocycles. The highest BCUT2D eigenvalue weighted by atomic mass is 35.5. The molecule has 26 heavy (non-hydrogen) atoms. The lowest BCUT2D eigenvalue weighted by atomic mass is 10.2. The third kappa shape index (κ3) is 5.38. The van der Waals surface area contributed by atoms with Crippen LogP contribution < -0.4 is 9.47 Å². The standard InChI is InChI=1S/C20H23ClN2O3/c1-2-25-20-13-17(14-22-23-9-11-24-12-10-23)5-8-19(20)26-15-16-3-6-18(21)7-4-16/h3-8,13-14H,2,9-12,15H2,1H3. The summed E-state index contributed by atoms with van der Waals surface area (Å²) in [4.78, 5) is 0. The van der Waals surface area contributed by atoms with Crippen molar-refractivity contribution >= 4 is 17.8 Å². The molecule has 6 heteroatoms. The summed E-state index contributed by atoms with van der Waals surface area (Å²) < 4.78 is 17.0. The van der Waals surface area contributed by atoms with E-state index in [4.69, 9.17) is 25.8 Å². The van der Waals surface area contributed by atoms with Crippen LogP contribution in [0.3, 0.4) is 0 Å². The Labute approximate surface area is 159 Å². The summed E-state index contributed by atoms with van der Waals surface area (Å²) in [5.41, 5.74) is 2.02. The highest BCUT2D eigenvalue weighted by Crippen LogP contribution is 2.29. The maximum absolute atomic E-state index is 5.93. The average Bonchev–Trinajstić information content (AvgIpc) is 2.68. The largest absolute Gasteiger partial charge is 0.490 e. The number of halogens is 1. The zero-order valence-electron chi connectivity index (χ0n) is 14.9. The molecule has 0 N–H and O–H groups in total. The third-order valence-electron chi connectivity index (χ3n) is 3.93. The Morgan fingerprint density at radius 1 is 1.08 bits per heavy atom. The lowest BCUT2D eigenvalue weighted by Crippen LogP contribution is -2.32. The fraction of sp³-hybridized carbons (Fsp3) is 0.350. The highest BCUT2D eigenvalue weighted by molar-refractivity contribution is 6.30. The average molecular weight is 375 g/mol. The van der Waals surface area contributed by atoms with Gasteiger partial charge in [0.2, 0.25) is 0 Å². The number of morpholine rings is 1. The molecule has 2 aromatic carbocycles. The van der Waals surface area contributed by atoms with E-state index in [0.717, 1.165) is 37.4 Å². The molecule has 2 aromatic rings. The fourth-order valence-electron chi connectivity index (χ4n) is 2.55. The molecule has 0 aromatic heterocycles. The van der Waals surface area contributed by atoms with Crippen molar-refractivity contribution in [2.75, 3.05) is 32.9 Å². The minimum Gasteiger partial charge on any atom is -0.490 e. The number of hydrogen-bond donors (Lipinski definition) is 0. The molecular weight excluding hydrogens is 352 g/mol. The van der Waals surface area contributed by atoms with Gasteiger partial charge >= 0.3 is 0 Å². The number of hydrazone groups is 1. The molecule has 0 radical (unpaired) electrons. The molecule has 1 fully saturated rings. The molecule has 0 amide bonds. The maximum Gasteiger partial charge on any atom is 0.161 e.